The number of rotatable bonds is 3. The van der Waals surface area contributed by atoms with Gasteiger partial charge in [0.25, 0.3) is 0 Å². The molecule has 0 amide bonds. The first-order valence-electron chi connectivity index (χ1n) is 5.07. The molecule has 0 radical (unpaired) electrons. The number of nitrogens with two attached hydrogens (primary N) is 1. The molecular formula is C11H10FIN2O3. The molecule has 1 aromatic carbocycles. The first kappa shape index (κ1) is 13.1. The second kappa shape index (κ2) is 4.73. The van der Waals surface area contributed by atoms with Crippen molar-refractivity contribution in [1.82, 2.24) is 4.73 Å². The van der Waals surface area contributed by atoms with Crippen LogP contribution in [0, 0.1) is 9.39 Å². The zero-order valence-corrected chi connectivity index (χ0v) is 11.3. The Balaban J connectivity index is 2.54. The highest BCUT2D eigenvalue weighted by Gasteiger charge is 2.18. The summed E-state index contributed by atoms with van der Waals surface area (Å²) in [5.41, 5.74) is 6.34. The molecule has 0 aliphatic heterocycles. The van der Waals surface area contributed by atoms with E-state index in [2.05, 4.69) is 0 Å². The lowest BCUT2D eigenvalue weighted by Gasteiger charge is -2.04. The van der Waals surface area contributed by atoms with Crippen molar-refractivity contribution >= 4 is 39.5 Å². The molecule has 0 aliphatic carbocycles. The third kappa shape index (κ3) is 2.15. The van der Waals surface area contributed by atoms with Crippen molar-refractivity contribution in [3.8, 4) is 0 Å². The van der Waals surface area contributed by atoms with Crippen molar-refractivity contribution in [3.05, 3.63) is 33.3 Å². The number of hydrogen-bond donors (Lipinski definition) is 3. The van der Waals surface area contributed by atoms with Gasteiger partial charge >= 0.3 is 5.97 Å². The summed E-state index contributed by atoms with van der Waals surface area (Å²) in [5, 5.41) is 19.1. The summed E-state index contributed by atoms with van der Waals surface area (Å²) in [6, 6.07) is 1.72. The number of aliphatic carboxylic acids is 1. The Morgan fingerprint density at radius 2 is 2.22 bits per heavy atom. The lowest BCUT2D eigenvalue weighted by Crippen LogP contribution is -2.32. The van der Waals surface area contributed by atoms with Crippen molar-refractivity contribution in [3.63, 3.8) is 0 Å². The van der Waals surface area contributed by atoms with Gasteiger partial charge in [-0.3, -0.25) is 4.79 Å². The number of benzene rings is 1. The Kier molecular flexibility index (Phi) is 3.44. The van der Waals surface area contributed by atoms with Crippen LogP contribution in [-0.4, -0.2) is 27.1 Å². The normalized spacial score (nSPS) is 12.8. The van der Waals surface area contributed by atoms with Crippen LogP contribution >= 0.6 is 22.6 Å². The fourth-order valence-corrected chi connectivity index (χ4v) is 2.51. The van der Waals surface area contributed by atoms with Crippen LogP contribution in [0.2, 0.25) is 0 Å². The molecule has 1 aromatic heterocycles. The van der Waals surface area contributed by atoms with Gasteiger partial charge in [0.1, 0.15) is 17.4 Å². The molecule has 0 bridgehead atoms. The maximum Gasteiger partial charge on any atom is 0.320 e. The first-order chi connectivity index (χ1) is 8.41. The van der Waals surface area contributed by atoms with Gasteiger partial charge < -0.3 is 16.0 Å². The highest BCUT2D eigenvalue weighted by molar-refractivity contribution is 14.1. The number of aromatic nitrogens is 1. The summed E-state index contributed by atoms with van der Waals surface area (Å²) in [5.74, 6) is -1.56. The van der Waals surface area contributed by atoms with Gasteiger partial charge in [-0.1, -0.05) is 0 Å². The maximum atomic E-state index is 13.4. The van der Waals surface area contributed by atoms with Gasteiger partial charge in [0, 0.05) is 18.0 Å². The standard InChI is InChI=1S/C11H10FIN2O3/c12-7-2-1-6-5(3-8(14)11(16)17)4-15(18)10(6)9(7)13/h1-2,4,8,18H,3,14H2,(H,16,17). The van der Waals surface area contributed by atoms with Crippen molar-refractivity contribution in [2.45, 2.75) is 12.5 Å². The molecule has 0 saturated heterocycles. The molecule has 1 unspecified atom stereocenters. The smallest absolute Gasteiger partial charge is 0.320 e. The number of halogens is 2. The van der Waals surface area contributed by atoms with E-state index in [9.17, 15) is 14.4 Å². The zero-order chi connectivity index (χ0) is 13.4. The third-order valence-electron chi connectivity index (χ3n) is 2.68. The van der Waals surface area contributed by atoms with E-state index < -0.39 is 17.8 Å². The molecule has 2 aromatic rings. The molecule has 96 valence electrons. The van der Waals surface area contributed by atoms with Crippen LogP contribution in [0.4, 0.5) is 4.39 Å². The molecule has 0 saturated carbocycles. The molecule has 5 nitrogen and oxygen atoms in total. The quantitative estimate of drug-likeness (QED) is 0.570. The van der Waals surface area contributed by atoms with Gasteiger partial charge in [-0.2, -0.15) is 4.73 Å². The molecule has 4 N–H and O–H groups in total. The van der Waals surface area contributed by atoms with Gasteiger partial charge in [-0.25, -0.2) is 4.39 Å². The molecule has 7 heteroatoms. The molecule has 1 heterocycles. The van der Waals surface area contributed by atoms with Crippen LogP contribution in [0.5, 0.6) is 0 Å². The number of nitrogens with zero attached hydrogens (tertiary/aromatic N) is 1. The second-order valence-electron chi connectivity index (χ2n) is 3.91. The van der Waals surface area contributed by atoms with Gasteiger partial charge in [0.05, 0.1) is 3.57 Å². The average Bonchev–Trinajstić information content (AvgIpc) is 2.61. The van der Waals surface area contributed by atoms with Crippen LogP contribution in [0.1, 0.15) is 5.56 Å². The predicted molar refractivity (Wildman–Crippen MR) is 71.1 cm³/mol. The predicted octanol–water partition coefficient (Wildman–Crippen LogP) is 1.58. The van der Waals surface area contributed by atoms with Crippen molar-refractivity contribution < 1.29 is 19.5 Å². The minimum Gasteiger partial charge on any atom is -0.480 e. The molecule has 18 heavy (non-hydrogen) atoms. The van der Waals surface area contributed by atoms with Crippen molar-refractivity contribution in [2.75, 3.05) is 0 Å². The van der Waals surface area contributed by atoms with Gasteiger partial charge in [-0.15, -0.1) is 0 Å². The maximum absolute atomic E-state index is 13.4. The molecule has 0 fully saturated rings. The lowest BCUT2D eigenvalue weighted by atomic mass is 10.1. The van der Waals surface area contributed by atoms with Crippen LogP contribution in [-0.2, 0) is 11.2 Å². The molecule has 2 rings (SSSR count). The van der Waals surface area contributed by atoms with Gasteiger partial charge in [0.2, 0.25) is 0 Å². The Morgan fingerprint density at radius 1 is 1.56 bits per heavy atom. The van der Waals surface area contributed by atoms with E-state index in [1.165, 1.54) is 18.3 Å². The Morgan fingerprint density at radius 3 is 2.83 bits per heavy atom. The van der Waals surface area contributed by atoms with E-state index >= 15 is 0 Å². The van der Waals surface area contributed by atoms with E-state index in [1.54, 1.807) is 22.6 Å². The van der Waals surface area contributed by atoms with Crippen molar-refractivity contribution in [2.24, 2.45) is 5.73 Å². The minimum atomic E-state index is -1.12. The van der Waals surface area contributed by atoms with Gasteiger partial charge in [-0.05, 0) is 40.3 Å². The fourth-order valence-electron chi connectivity index (χ4n) is 1.79. The zero-order valence-electron chi connectivity index (χ0n) is 9.10. The topological polar surface area (TPSA) is 88.5 Å². The minimum absolute atomic E-state index is 0.0705. The largest absolute Gasteiger partial charge is 0.480 e. The number of fused-ring (bicyclic) bond motifs is 1. The van der Waals surface area contributed by atoms with E-state index in [0.29, 0.717) is 16.5 Å². The Bertz CT molecular complexity index is 626. The number of carbonyl (C=O) groups is 1. The van der Waals surface area contributed by atoms with Crippen LogP contribution < -0.4 is 5.73 Å². The van der Waals surface area contributed by atoms with E-state index in [4.69, 9.17) is 10.8 Å². The second-order valence-corrected chi connectivity index (χ2v) is 4.98. The summed E-state index contributed by atoms with van der Waals surface area (Å²) in [6.45, 7) is 0. The van der Waals surface area contributed by atoms with Crippen molar-refractivity contribution in [1.29, 1.82) is 0 Å². The van der Waals surface area contributed by atoms with Gasteiger partial charge in [0.15, 0.2) is 0 Å². The summed E-state index contributed by atoms with van der Waals surface area (Å²) in [7, 11) is 0. The van der Waals surface area contributed by atoms with E-state index in [0.717, 1.165) is 4.73 Å². The number of carboxylic acid groups (broad SMARTS) is 1. The Hall–Kier alpha value is -1.35. The molecule has 0 aliphatic rings. The average molecular weight is 364 g/mol. The summed E-state index contributed by atoms with van der Waals surface area (Å²) >= 11 is 1.79. The molecule has 0 spiro atoms. The Labute approximate surface area is 115 Å². The highest BCUT2D eigenvalue weighted by atomic mass is 127. The fraction of sp³-hybridized carbons (Fsp3) is 0.182. The monoisotopic (exact) mass is 364 g/mol. The molecular weight excluding hydrogens is 354 g/mol. The number of carboxylic acids is 1. The van der Waals surface area contributed by atoms with Crippen LogP contribution in [0.3, 0.4) is 0 Å². The van der Waals surface area contributed by atoms with E-state index in [-0.39, 0.29) is 9.99 Å². The molecule has 1 atom stereocenters. The van der Waals surface area contributed by atoms with Crippen LogP contribution in [0.25, 0.3) is 10.9 Å². The highest BCUT2D eigenvalue weighted by Crippen LogP contribution is 2.27. The SMILES string of the molecule is NC(Cc1cn(O)c2c(I)c(F)ccc12)C(=O)O. The third-order valence-corrected chi connectivity index (χ3v) is 3.71. The summed E-state index contributed by atoms with van der Waals surface area (Å²) in [4.78, 5) is 10.7. The first-order valence-corrected chi connectivity index (χ1v) is 6.15. The van der Waals surface area contributed by atoms with Crippen LogP contribution in [0.15, 0.2) is 18.3 Å². The number of hydrogen-bond acceptors (Lipinski definition) is 3. The lowest BCUT2D eigenvalue weighted by molar-refractivity contribution is -0.138. The summed E-state index contributed by atoms with van der Waals surface area (Å²) < 4.78 is 14.5. The summed E-state index contributed by atoms with van der Waals surface area (Å²) in [6.07, 6.45) is 1.43. The van der Waals surface area contributed by atoms with E-state index in [1.807, 2.05) is 0 Å².